The molecular weight excluding hydrogens is 188 g/mol. The normalized spacial score (nSPS) is 12.7. The van der Waals surface area contributed by atoms with Crippen LogP contribution < -0.4 is 10.5 Å². The lowest BCUT2D eigenvalue weighted by molar-refractivity contribution is 0.233. The van der Waals surface area contributed by atoms with Gasteiger partial charge < -0.3 is 10.5 Å². The molecule has 0 radical (unpaired) electrons. The molecule has 0 spiro atoms. The molecule has 0 bridgehead atoms. The summed E-state index contributed by atoms with van der Waals surface area (Å²) in [6.45, 7) is 2.46. The molecule has 1 aromatic carbocycles. The monoisotopic (exact) mass is 202 g/mol. The third-order valence-electron chi connectivity index (χ3n) is 2.30. The number of rotatable bonds is 3. The first kappa shape index (κ1) is 9.93. The molecule has 0 fully saturated rings. The maximum Gasteiger partial charge on any atom is 0.129 e. The summed E-state index contributed by atoms with van der Waals surface area (Å²) in [6, 6.07) is 7.92. The van der Waals surface area contributed by atoms with Crippen molar-refractivity contribution < 1.29 is 4.74 Å². The molecule has 0 aliphatic rings. The van der Waals surface area contributed by atoms with E-state index in [9.17, 15) is 0 Å². The molecule has 3 heteroatoms. The van der Waals surface area contributed by atoms with E-state index in [4.69, 9.17) is 10.5 Å². The van der Waals surface area contributed by atoms with Crippen LogP contribution in [0.4, 0.5) is 0 Å². The van der Waals surface area contributed by atoms with Gasteiger partial charge in [0.2, 0.25) is 0 Å². The molecule has 1 heterocycles. The fourth-order valence-corrected chi connectivity index (χ4v) is 1.45. The Morgan fingerprint density at radius 2 is 2.27 bits per heavy atom. The summed E-state index contributed by atoms with van der Waals surface area (Å²) in [7, 11) is 0. The van der Waals surface area contributed by atoms with Crippen molar-refractivity contribution in [3.8, 4) is 5.75 Å². The van der Waals surface area contributed by atoms with Gasteiger partial charge in [0.25, 0.3) is 0 Å². The van der Waals surface area contributed by atoms with Crippen LogP contribution in [-0.2, 0) is 0 Å². The number of aromatic nitrogens is 1. The van der Waals surface area contributed by atoms with Crippen LogP contribution in [-0.4, -0.2) is 17.6 Å². The molecule has 0 amide bonds. The molecule has 0 aliphatic carbocycles. The summed E-state index contributed by atoms with van der Waals surface area (Å²) >= 11 is 0. The minimum Gasteiger partial charge on any atom is -0.489 e. The van der Waals surface area contributed by atoms with Crippen molar-refractivity contribution in [3.63, 3.8) is 0 Å². The van der Waals surface area contributed by atoms with Crippen molar-refractivity contribution >= 4 is 10.8 Å². The van der Waals surface area contributed by atoms with Crippen molar-refractivity contribution in [1.82, 2.24) is 4.98 Å². The van der Waals surface area contributed by atoms with E-state index in [1.165, 1.54) is 0 Å². The maximum absolute atomic E-state index is 5.71. The molecule has 2 N–H and O–H groups in total. The highest BCUT2D eigenvalue weighted by Gasteiger charge is 2.05. The van der Waals surface area contributed by atoms with Gasteiger partial charge in [-0.3, -0.25) is 4.98 Å². The lowest BCUT2D eigenvalue weighted by Crippen LogP contribution is -2.22. The number of benzene rings is 1. The zero-order valence-electron chi connectivity index (χ0n) is 8.68. The predicted octanol–water partition coefficient (Wildman–Crippen LogP) is 1.96. The predicted molar refractivity (Wildman–Crippen MR) is 60.9 cm³/mol. The van der Waals surface area contributed by atoms with Crippen molar-refractivity contribution in [2.24, 2.45) is 5.73 Å². The summed E-state index contributed by atoms with van der Waals surface area (Å²) in [5, 5.41) is 2.16. The molecule has 3 nitrogen and oxygen atoms in total. The van der Waals surface area contributed by atoms with E-state index in [2.05, 4.69) is 4.98 Å². The van der Waals surface area contributed by atoms with E-state index in [0.717, 1.165) is 16.5 Å². The van der Waals surface area contributed by atoms with Crippen LogP contribution in [0.5, 0.6) is 5.75 Å². The van der Waals surface area contributed by atoms with Gasteiger partial charge in [-0.25, -0.2) is 0 Å². The topological polar surface area (TPSA) is 48.1 Å². The molecule has 1 aromatic heterocycles. The molecule has 2 aromatic rings. The Morgan fingerprint density at radius 1 is 1.40 bits per heavy atom. The third-order valence-corrected chi connectivity index (χ3v) is 2.30. The molecule has 78 valence electrons. The summed E-state index contributed by atoms with van der Waals surface area (Å²) < 4.78 is 5.71. The Morgan fingerprint density at radius 3 is 3.07 bits per heavy atom. The summed E-state index contributed by atoms with van der Waals surface area (Å²) in [5.41, 5.74) is 5.52. The highest BCUT2D eigenvalue weighted by molar-refractivity contribution is 5.87. The van der Waals surface area contributed by atoms with Crippen LogP contribution in [0.2, 0.25) is 0 Å². The second-order valence-electron chi connectivity index (χ2n) is 3.52. The molecule has 0 saturated heterocycles. The fourth-order valence-electron chi connectivity index (χ4n) is 1.45. The molecule has 1 unspecified atom stereocenters. The molecule has 1 atom stereocenters. The van der Waals surface area contributed by atoms with Crippen molar-refractivity contribution in [1.29, 1.82) is 0 Å². The molecule has 0 saturated carbocycles. The zero-order chi connectivity index (χ0) is 10.7. The molecular formula is C12H14N2O. The number of hydrogen-bond acceptors (Lipinski definition) is 3. The van der Waals surface area contributed by atoms with E-state index in [1.807, 2.05) is 37.4 Å². The van der Waals surface area contributed by atoms with Gasteiger partial charge in [-0.2, -0.15) is 0 Å². The number of nitrogens with two attached hydrogens (primary N) is 1. The van der Waals surface area contributed by atoms with Gasteiger partial charge >= 0.3 is 0 Å². The largest absolute Gasteiger partial charge is 0.489 e. The minimum atomic E-state index is 0.0239. The SMILES string of the molecule is CC(CN)Oc1cccc2ccncc12. The summed E-state index contributed by atoms with van der Waals surface area (Å²) in [6.07, 6.45) is 3.61. The Labute approximate surface area is 88.9 Å². The number of ether oxygens (including phenoxy) is 1. The molecule has 15 heavy (non-hydrogen) atoms. The van der Waals surface area contributed by atoms with Gasteiger partial charge in [-0.15, -0.1) is 0 Å². The van der Waals surface area contributed by atoms with E-state index < -0.39 is 0 Å². The van der Waals surface area contributed by atoms with Gasteiger partial charge in [0, 0.05) is 24.3 Å². The van der Waals surface area contributed by atoms with Gasteiger partial charge in [-0.1, -0.05) is 12.1 Å². The Bertz CT molecular complexity index is 451. The fraction of sp³-hybridized carbons (Fsp3) is 0.250. The Hall–Kier alpha value is -1.61. The summed E-state index contributed by atoms with van der Waals surface area (Å²) in [4.78, 5) is 4.10. The number of fused-ring (bicyclic) bond motifs is 1. The van der Waals surface area contributed by atoms with Crippen LogP contribution >= 0.6 is 0 Å². The number of pyridine rings is 1. The maximum atomic E-state index is 5.71. The van der Waals surface area contributed by atoms with Crippen LogP contribution in [0.25, 0.3) is 10.8 Å². The van der Waals surface area contributed by atoms with Crippen molar-refractivity contribution in [2.75, 3.05) is 6.54 Å². The average Bonchev–Trinajstić information content (AvgIpc) is 2.29. The first-order valence-corrected chi connectivity index (χ1v) is 5.00. The average molecular weight is 202 g/mol. The van der Waals surface area contributed by atoms with E-state index in [-0.39, 0.29) is 6.10 Å². The van der Waals surface area contributed by atoms with Crippen LogP contribution in [0.3, 0.4) is 0 Å². The highest BCUT2D eigenvalue weighted by Crippen LogP contribution is 2.24. The number of nitrogens with zero attached hydrogens (tertiary/aromatic N) is 1. The van der Waals surface area contributed by atoms with Gasteiger partial charge in [0.1, 0.15) is 11.9 Å². The third kappa shape index (κ3) is 2.07. The summed E-state index contributed by atoms with van der Waals surface area (Å²) in [5.74, 6) is 0.846. The highest BCUT2D eigenvalue weighted by atomic mass is 16.5. The molecule has 2 rings (SSSR count). The molecule has 0 aliphatic heterocycles. The second kappa shape index (κ2) is 4.28. The lowest BCUT2D eigenvalue weighted by Gasteiger charge is -2.13. The standard InChI is InChI=1S/C12H14N2O/c1-9(7-13)15-12-4-2-3-10-5-6-14-8-11(10)12/h2-6,8-9H,7,13H2,1H3. The lowest BCUT2D eigenvalue weighted by atomic mass is 10.1. The van der Waals surface area contributed by atoms with Gasteiger partial charge in [0.05, 0.1) is 0 Å². The van der Waals surface area contributed by atoms with E-state index in [1.54, 1.807) is 6.20 Å². The Balaban J connectivity index is 2.42. The smallest absolute Gasteiger partial charge is 0.129 e. The van der Waals surface area contributed by atoms with Crippen LogP contribution in [0.15, 0.2) is 36.7 Å². The first-order valence-electron chi connectivity index (χ1n) is 5.00. The second-order valence-corrected chi connectivity index (χ2v) is 3.52. The van der Waals surface area contributed by atoms with Crippen LogP contribution in [0.1, 0.15) is 6.92 Å². The van der Waals surface area contributed by atoms with E-state index in [0.29, 0.717) is 6.54 Å². The van der Waals surface area contributed by atoms with Crippen molar-refractivity contribution in [3.05, 3.63) is 36.7 Å². The van der Waals surface area contributed by atoms with Gasteiger partial charge in [-0.05, 0) is 24.4 Å². The van der Waals surface area contributed by atoms with Gasteiger partial charge in [0.15, 0.2) is 0 Å². The van der Waals surface area contributed by atoms with E-state index >= 15 is 0 Å². The Kier molecular flexibility index (Phi) is 2.83. The quantitative estimate of drug-likeness (QED) is 0.827. The minimum absolute atomic E-state index is 0.0239. The van der Waals surface area contributed by atoms with Crippen LogP contribution in [0, 0.1) is 0 Å². The first-order chi connectivity index (χ1) is 7.31. The number of hydrogen-bond donors (Lipinski definition) is 1. The zero-order valence-corrected chi connectivity index (χ0v) is 8.68. The van der Waals surface area contributed by atoms with Crippen molar-refractivity contribution in [2.45, 2.75) is 13.0 Å².